The first kappa shape index (κ1) is 10.6. The Bertz CT molecular complexity index is 311. The number of nitrogens with one attached hydrogen (secondary N) is 1. The van der Waals surface area contributed by atoms with Crippen LogP contribution in [0.1, 0.15) is 18.7 Å². The Balaban J connectivity index is 1.84. The van der Waals surface area contributed by atoms with Crippen LogP contribution in [0, 0.1) is 5.92 Å². The van der Waals surface area contributed by atoms with E-state index >= 15 is 0 Å². The fraction of sp³-hybridized carbons (Fsp3) is 0.727. The summed E-state index contributed by atoms with van der Waals surface area (Å²) < 4.78 is 2.04. The molecule has 2 N–H and O–H groups in total. The van der Waals surface area contributed by atoms with Crippen molar-refractivity contribution in [3.8, 4) is 0 Å². The average molecular weight is 209 g/mol. The van der Waals surface area contributed by atoms with Gasteiger partial charge in [-0.2, -0.15) is 0 Å². The Kier molecular flexibility index (Phi) is 3.38. The van der Waals surface area contributed by atoms with E-state index < -0.39 is 0 Å². The van der Waals surface area contributed by atoms with Gasteiger partial charge in [0.15, 0.2) is 0 Å². The number of piperidine rings is 1. The van der Waals surface area contributed by atoms with E-state index in [1.165, 1.54) is 0 Å². The molecule has 0 radical (unpaired) electrons. The highest BCUT2D eigenvalue weighted by molar-refractivity contribution is 4.92. The van der Waals surface area contributed by atoms with Gasteiger partial charge in [0.1, 0.15) is 5.82 Å². The lowest BCUT2D eigenvalue weighted by molar-refractivity contribution is 0.0744. The number of aryl methyl sites for hydroxylation is 2. The summed E-state index contributed by atoms with van der Waals surface area (Å²) in [6.45, 7) is 1.88. The van der Waals surface area contributed by atoms with Gasteiger partial charge in [0, 0.05) is 32.4 Å². The Labute approximate surface area is 90.3 Å². The highest BCUT2D eigenvalue weighted by Gasteiger charge is 2.22. The minimum Gasteiger partial charge on any atom is -0.393 e. The maximum Gasteiger partial charge on any atom is 0.108 e. The molecule has 1 aromatic heterocycles. The van der Waals surface area contributed by atoms with E-state index in [0.717, 1.165) is 38.2 Å². The number of rotatable bonds is 3. The minimum atomic E-state index is -0.133. The Morgan fingerprint density at radius 3 is 3.20 bits per heavy atom. The lowest BCUT2D eigenvalue weighted by Crippen LogP contribution is -2.40. The zero-order chi connectivity index (χ0) is 10.7. The van der Waals surface area contributed by atoms with E-state index in [0.29, 0.717) is 5.92 Å². The maximum absolute atomic E-state index is 9.80. The van der Waals surface area contributed by atoms with Crippen molar-refractivity contribution in [1.29, 1.82) is 0 Å². The minimum absolute atomic E-state index is 0.133. The predicted molar refractivity (Wildman–Crippen MR) is 58.5 cm³/mol. The first-order valence-corrected chi connectivity index (χ1v) is 5.62. The average Bonchev–Trinajstić information content (AvgIpc) is 2.63. The summed E-state index contributed by atoms with van der Waals surface area (Å²) in [5, 5.41) is 13.1. The van der Waals surface area contributed by atoms with E-state index in [-0.39, 0.29) is 6.10 Å². The molecule has 1 saturated heterocycles. The first-order valence-electron chi connectivity index (χ1n) is 5.62. The molecule has 0 bridgehead atoms. The zero-order valence-corrected chi connectivity index (χ0v) is 9.19. The molecule has 2 heterocycles. The molecule has 2 rings (SSSR count). The Hall–Kier alpha value is -0.870. The summed E-state index contributed by atoms with van der Waals surface area (Å²) in [6.07, 6.45) is 6.50. The standard InChI is InChI=1S/C11H19N3O/c1-14-7-6-13-11(14)3-2-9-8-12-5-4-10(9)15/h6-7,9-10,12,15H,2-5,8H2,1H3. The summed E-state index contributed by atoms with van der Waals surface area (Å²) in [5.74, 6) is 1.49. The van der Waals surface area contributed by atoms with Gasteiger partial charge < -0.3 is 15.0 Å². The number of hydrogen-bond donors (Lipinski definition) is 2. The van der Waals surface area contributed by atoms with Gasteiger partial charge >= 0.3 is 0 Å². The largest absolute Gasteiger partial charge is 0.393 e. The fourth-order valence-electron chi connectivity index (χ4n) is 2.16. The van der Waals surface area contributed by atoms with Gasteiger partial charge in [-0.25, -0.2) is 4.98 Å². The molecule has 84 valence electrons. The van der Waals surface area contributed by atoms with Crippen LogP contribution in [0.25, 0.3) is 0 Å². The van der Waals surface area contributed by atoms with Crippen LogP contribution in [-0.4, -0.2) is 33.9 Å². The molecule has 2 atom stereocenters. The van der Waals surface area contributed by atoms with Crippen LogP contribution in [0.15, 0.2) is 12.4 Å². The molecule has 1 aromatic rings. The zero-order valence-electron chi connectivity index (χ0n) is 9.19. The number of aliphatic hydroxyl groups excluding tert-OH is 1. The highest BCUT2D eigenvalue weighted by atomic mass is 16.3. The van der Waals surface area contributed by atoms with Crippen molar-refractivity contribution in [2.45, 2.75) is 25.4 Å². The third-order valence-electron chi connectivity index (χ3n) is 3.23. The van der Waals surface area contributed by atoms with Gasteiger partial charge in [-0.1, -0.05) is 0 Å². The normalized spacial score (nSPS) is 26.8. The van der Waals surface area contributed by atoms with Crippen LogP contribution < -0.4 is 5.32 Å². The van der Waals surface area contributed by atoms with Gasteiger partial charge in [0.2, 0.25) is 0 Å². The molecule has 0 spiro atoms. The molecule has 1 aliphatic rings. The third-order valence-corrected chi connectivity index (χ3v) is 3.23. The van der Waals surface area contributed by atoms with E-state index in [2.05, 4.69) is 10.3 Å². The molecular formula is C11H19N3O. The smallest absolute Gasteiger partial charge is 0.108 e. The van der Waals surface area contributed by atoms with Crippen molar-refractivity contribution in [3.63, 3.8) is 0 Å². The van der Waals surface area contributed by atoms with Crippen molar-refractivity contribution in [1.82, 2.24) is 14.9 Å². The Morgan fingerprint density at radius 2 is 2.53 bits per heavy atom. The lowest BCUT2D eigenvalue weighted by Gasteiger charge is -2.28. The summed E-state index contributed by atoms with van der Waals surface area (Å²) in [7, 11) is 2.01. The van der Waals surface area contributed by atoms with Crippen LogP contribution in [0.2, 0.25) is 0 Å². The summed E-state index contributed by atoms with van der Waals surface area (Å²) in [5.41, 5.74) is 0. The first-order chi connectivity index (χ1) is 7.27. The van der Waals surface area contributed by atoms with Crippen LogP contribution in [0.3, 0.4) is 0 Å². The van der Waals surface area contributed by atoms with Gasteiger partial charge in [-0.05, 0) is 25.3 Å². The number of nitrogens with zero attached hydrogens (tertiary/aromatic N) is 2. The number of aliphatic hydroxyl groups is 1. The summed E-state index contributed by atoms with van der Waals surface area (Å²) in [6, 6.07) is 0. The number of imidazole rings is 1. The molecule has 15 heavy (non-hydrogen) atoms. The quantitative estimate of drug-likeness (QED) is 0.754. The fourth-order valence-corrected chi connectivity index (χ4v) is 2.16. The van der Waals surface area contributed by atoms with Crippen LogP contribution in [0.4, 0.5) is 0 Å². The molecule has 4 nitrogen and oxygen atoms in total. The van der Waals surface area contributed by atoms with Gasteiger partial charge in [-0.15, -0.1) is 0 Å². The van der Waals surface area contributed by atoms with Crippen molar-refractivity contribution in [2.24, 2.45) is 13.0 Å². The molecule has 0 aliphatic carbocycles. The maximum atomic E-state index is 9.80. The second-order valence-corrected chi connectivity index (χ2v) is 4.31. The Morgan fingerprint density at radius 1 is 1.67 bits per heavy atom. The monoisotopic (exact) mass is 209 g/mol. The number of hydrogen-bond acceptors (Lipinski definition) is 3. The van der Waals surface area contributed by atoms with Crippen LogP contribution in [0.5, 0.6) is 0 Å². The summed E-state index contributed by atoms with van der Waals surface area (Å²) in [4.78, 5) is 4.29. The van der Waals surface area contributed by atoms with E-state index in [4.69, 9.17) is 0 Å². The van der Waals surface area contributed by atoms with Crippen LogP contribution >= 0.6 is 0 Å². The molecule has 2 unspecified atom stereocenters. The van der Waals surface area contributed by atoms with E-state index in [1.807, 2.05) is 24.0 Å². The van der Waals surface area contributed by atoms with Crippen molar-refractivity contribution in [2.75, 3.05) is 13.1 Å². The molecular weight excluding hydrogens is 190 g/mol. The van der Waals surface area contributed by atoms with E-state index in [1.54, 1.807) is 0 Å². The molecule has 1 aliphatic heterocycles. The molecule has 0 amide bonds. The molecule has 0 aromatic carbocycles. The SMILES string of the molecule is Cn1ccnc1CCC1CNCCC1O. The predicted octanol–water partition coefficient (Wildman–Crippen LogP) is 0.323. The van der Waals surface area contributed by atoms with Crippen molar-refractivity contribution >= 4 is 0 Å². The number of aromatic nitrogens is 2. The van der Waals surface area contributed by atoms with E-state index in [9.17, 15) is 5.11 Å². The highest BCUT2D eigenvalue weighted by Crippen LogP contribution is 2.17. The van der Waals surface area contributed by atoms with Crippen molar-refractivity contribution in [3.05, 3.63) is 18.2 Å². The lowest BCUT2D eigenvalue weighted by atomic mass is 9.91. The topological polar surface area (TPSA) is 50.1 Å². The molecule has 1 fully saturated rings. The second kappa shape index (κ2) is 4.77. The second-order valence-electron chi connectivity index (χ2n) is 4.31. The molecule has 0 saturated carbocycles. The van der Waals surface area contributed by atoms with Crippen LogP contribution in [-0.2, 0) is 13.5 Å². The van der Waals surface area contributed by atoms with Gasteiger partial charge in [0.05, 0.1) is 6.10 Å². The van der Waals surface area contributed by atoms with Gasteiger partial charge in [0.25, 0.3) is 0 Å². The third kappa shape index (κ3) is 2.58. The summed E-state index contributed by atoms with van der Waals surface area (Å²) >= 11 is 0. The van der Waals surface area contributed by atoms with Crippen molar-refractivity contribution < 1.29 is 5.11 Å². The molecule has 4 heteroatoms. The van der Waals surface area contributed by atoms with Gasteiger partial charge in [-0.3, -0.25) is 0 Å².